The Morgan fingerprint density at radius 1 is 1.19 bits per heavy atom. The predicted octanol–water partition coefficient (Wildman–Crippen LogP) is 2.24. The Bertz CT molecular complexity index is 1100. The first-order chi connectivity index (χ1) is 12.5. The highest BCUT2D eigenvalue weighted by molar-refractivity contribution is 6.30. The van der Waals surface area contributed by atoms with Crippen LogP contribution in [0.25, 0.3) is 5.69 Å². The fraction of sp³-hybridized carbons (Fsp3) is 0.111. The maximum Gasteiger partial charge on any atom is 0.349 e. The summed E-state index contributed by atoms with van der Waals surface area (Å²) < 4.78 is 6.37. The van der Waals surface area contributed by atoms with Crippen LogP contribution in [0.5, 0.6) is 5.75 Å². The molecule has 1 heterocycles. The van der Waals surface area contributed by atoms with E-state index in [1.807, 2.05) is 0 Å². The average molecular weight is 369 g/mol. The first-order valence-electron chi connectivity index (χ1n) is 7.55. The zero-order valence-electron chi connectivity index (χ0n) is 13.6. The lowest BCUT2D eigenvalue weighted by Gasteiger charge is -2.14. The van der Waals surface area contributed by atoms with E-state index in [0.29, 0.717) is 22.0 Å². The summed E-state index contributed by atoms with van der Waals surface area (Å²) in [6.07, 6.45) is 1.00. The minimum Gasteiger partial charge on any atom is -0.494 e. The summed E-state index contributed by atoms with van der Waals surface area (Å²) in [5.74, 6) is -0.186. The Balaban J connectivity index is 2.08. The molecule has 0 aliphatic rings. The lowest BCUT2D eigenvalue weighted by Crippen LogP contribution is -2.30. The minimum absolute atomic E-state index is 0.346. The molecular formula is C18H13ClN4O3. The highest BCUT2D eigenvalue weighted by atomic mass is 35.5. The summed E-state index contributed by atoms with van der Waals surface area (Å²) in [6, 6.07) is 14.2. The van der Waals surface area contributed by atoms with Crippen molar-refractivity contribution < 1.29 is 4.74 Å². The number of ether oxygens (including phenoxy) is 1. The molecule has 0 aliphatic heterocycles. The van der Waals surface area contributed by atoms with Gasteiger partial charge in [0.1, 0.15) is 17.6 Å². The van der Waals surface area contributed by atoms with Gasteiger partial charge in [0, 0.05) is 5.02 Å². The van der Waals surface area contributed by atoms with E-state index in [9.17, 15) is 14.9 Å². The number of methoxy groups -OCH3 is 1. The zero-order chi connectivity index (χ0) is 18.7. The zero-order valence-corrected chi connectivity index (χ0v) is 14.4. The SMILES string of the molecule is COc1cc(C(C#N)c2ccc(Cl)cc2)ccc1-n1ncc(=O)[nH]c1=O. The topological polar surface area (TPSA) is 101 Å². The summed E-state index contributed by atoms with van der Waals surface area (Å²) in [5, 5.41) is 14.0. The van der Waals surface area contributed by atoms with Crippen molar-refractivity contribution >= 4 is 11.6 Å². The van der Waals surface area contributed by atoms with E-state index in [4.69, 9.17) is 16.3 Å². The first-order valence-corrected chi connectivity index (χ1v) is 7.93. The van der Waals surface area contributed by atoms with Crippen molar-refractivity contribution in [3.63, 3.8) is 0 Å². The number of nitrogens with one attached hydrogen (secondary N) is 1. The van der Waals surface area contributed by atoms with Crippen LogP contribution < -0.4 is 16.0 Å². The molecule has 0 aliphatic carbocycles. The van der Waals surface area contributed by atoms with Crippen molar-refractivity contribution in [2.45, 2.75) is 5.92 Å². The number of aromatic amines is 1. The number of halogens is 1. The van der Waals surface area contributed by atoms with Crippen LogP contribution in [0, 0.1) is 11.3 Å². The van der Waals surface area contributed by atoms with Gasteiger partial charge in [-0.1, -0.05) is 29.8 Å². The van der Waals surface area contributed by atoms with Crippen molar-refractivity contribution in [2.75, 3.05) is 7.11 Å². The summed E-state index contributed by atoms with van der Waals surface area (Å²) in [6.45, 7) is 0. The highest BCUT2D eigenvalue weighted by Gasteiger charge is 2.17. The van der Waals surface area contributed by atoms with E-state index in [-0.39, 0.29) is 0 Å². The molecule has 130 valence electrons. The molecule has 3 rings (SSSR count). The molecule has 0 bridgehead atoms. The molecule has 0 saturated carbocycles. The van der Waals surface area contributed by atoms with Gasteiger partial charge < -0.3 is 4.74 Å². The fourth-order valence-electron chi connectivity index (χ4n) is 2.57. The normalized spacial score (nSPS) is 11.6. The molecular weight excluding hydrogens is 356 g/mol. The molecule has 1 aromatic heterocycles. The van der Waals surface area contributed by atoms with E-state index in [2.05, 4.69) is 16.2 Å². The van der Waals surface area contributed by atoms with Gasteiger partial charge in [0.15, 0.2) is 0 Å². The second kappa shape index (κ2) is 7.25. The van der Waals surface area contributed by atoms with E-state index < -0.39 is 17.2 Å². The molecule has 0 spiro atoms. The van der Waals surface area contributed by atoms with Gasteiger partial charge in [0.25, 0.3) is 5.56 Å². The van der Waals surface area contributed by atoms with Crippen LogP contribution >= 0.6 is 11.6 Å². The smallest absolute Gasteiger partial charge is 0.349 e. The number of aromatic nitrogens is 3. The van der Waals surface area contributed by atoms with Gasteiger partial charge in [-0.25, -0.2) is 4.79 Å². The third-order valence-electron chi connectivity index (χ3n) is 3.81. The quantitative estimate of drug-likeness (QED) is 0.761. The molecule has 2 aromatic carbocycles. The van der Waals surface area contributed by atoms with Crippen molar-refractivity contribution in [3.05, 3.63) is 85.6 Å². The molecule has 0 fully saturated rings. The van der Waals surface area contributed by atoms with Gasteiger partial charge in [-0.15, -0.1) is 0 Å². The van der Waals surface area contributed by atoms with Gasteiger partial charge in [-0.2, -0.15) is 15.0 Å². The average Bonchev–Trinajstić information content (AvgIpc) is 2.64. The van der Waals surface area contributed by atoms with Crippen LogP contribution in [0.4, 0.5) is 0 Å². The van der Waals surface area contributed by atoms with E-state index in [0.717, 1.165) is 16.4 Å². The molecule has 1 atom stereocenters. The van der Waals surface area contributed by atoms with Crippen molar-refractivity contribution in [3.8, 4) is 17.5 Å². The third kappa shape index (κ3) is 3.36. The van der Waals surface area contributed by atoms with Gasteiger partial charge >= 0.3 is 5.69 Å². The number of rotatable bonds is 4. The van der Waals surface area contributed by atoms with Crippen molar-refractivity contribution in [2.24, 2.45) is 0 Å². The maximum absolute atomic E-state index is 12.0. The lowest BCUT2D eigenvalue weighted by molar-refractivity contribution is 0.410. The molecule has 1 unspecified atom stereocenters. The Kier molecular flexibility index (Phi) is 4.87. The molecule has 0 saturated heterocycles. The van der Waals surface area contributed by atoms with Crippen molar-refractivity contribution in [1.29, 1.82) is 5.26 Å². The van der Waals surface area contributed by atoms with Crippen LogP contribution in [-0.4, -0.2) is 21.9 Å². The van der Waals surface area contributed by atoms with E-state index in [1.165, 1.54) is 7.11 Å². The lowest BCUT2D eigenvalue weighted by atomic mass is 9.92. The molecule has 1 N–H and O–H groups in total. The van der Waals surface area contributed by atoms with E-state index >= 15 is 0 Å². The van der Waals surface area contributed by atoms with Gasteiger partial charge in [-0.3, -0.25) is 9.78 Å². The fourth-order valence-corrected chi connectivity index (χ4v) is 2.70. The van der Waals surface area contributed by atoms with Crippen LogP contribution in [-0.2, 0) is 0 Å². The Labute approximate surface area is 153 Å². The molecule has 26 heavy (non-hydrogen) atoms. The van der Waals surface area contributed by atoms with Gasteiger partial charge in [0.05, 0.1) is 19.1 Å². The first kappa shape index (κ1) is 17.5. The Morgan fingerprint density at radius 3 is 2.50 bits per heavy atom. The van der Waals surface area contributed by atoms with Crippen LogP contribution in [0.2, 0.25) is 5.02 Å². The molecule has 7 nitrogen and oxygen atoms in total. The highest BCUT2D eigenvalue weighted by Crippen LogP contribution is 2.30. The number of H-pyrrole nitrogens is 1. The largest absolute Gasteiger partial charge is 0.494 e. The predicted molar refractivity (Wildman–Crippen MR) is 95.9 cm³/mol. The number of nitrogens with zero attached hydrogens (tertiary/aromatic N) is 3. The number of hydrogen-bond acceptors (Lipinski definition) is 5. The summed E-state index contributed by atoms with van der Waals surface area (Å²) in [4.78, 5) is 25.3. The number of hydrogen-bond donors (Lipinski definition) is 1. The Morgan fingerprint density at radius 2 is 1.88 bits per heavy atom. The van der Waals surface area contributed by atoms with Gasteiger partial charge in [0.2, 0.25) is 0 Å². The number of benzene rings is 2. The summed E-state index contributed by atoms with van der Waals surface area (Å²) in [5.41, 5.74) is 0.552. The maximum atomic E-state index is 12.0. The molecule has 3 aromatic rings. The van der Waals surface area contributed by atoms with Gasteiger partial charge in [-0.05, 0) is 35.4 Å². The summed E-state index contributed by atoms with van der Waals surface area (Å²) >= 11 is 5.90. The van der Waals surface area contributed by atoms with Crippen LogP contribution in [0.15, 0.2) is 58.3 Å². The summed E-state index contributed by atoms with van der Waals surface area (Å²) in [7, 11) is 1.45. The second-order valence-corrected chi connectivity index (χ2v) is 5.83. The molecule has 0 radical (unpaired) electrons. The monoisotopic (exact) mass is 368 g/mol. The standard InChI is InChI=1S/C18H13ClN4O3/c1-26-16-8-12(14(9-20)11-2-5-13(19)6-3-11)4-7-15(16)23-18(25)22-17(24)10-21-23/h2-8,10,14H,1H3,(H,22,24,25). The van der Waals surface area contributed by atoms with Crippen LogP contribution in [0.3, 0.4) is 0 Å². The Hall–Kier alpha value is -3.37. The van der Waals surface area contributed by atoms with E-state index in [1.54, 1.807) is 42.5 Å². The third-order valence-corrected chi connectivity index (χ3v) is 4.06. The minimum atomic E-state index is -0.682. The number of nitriles is 1. The van der Waals surface area contributed by atoms with Crippen molar-refractivity contribution in [1.82, 2.24) is 14.8 Å². The molecule has 8 heteroatoms. The molecule has 0 amide bonds. The second-order valence-electron chi connectivity index (χ2n) is 5.40. The van der Waals surface area contributed by atoms with Crippen LogP contribution in [0.1, 0.15) is 17.0 Å².